The van der Waals surface area contributed by atoms with Crippen molar-refractivity contribution in [3.05, 3.63) is 58.0 Å². The predicted molar refractivity (Wildman–Crippen MR) is 105 cm³/mol. The fourth-order valence-corrected chi connectivity index (χ4v) is 3.29. The number of halogens is 1. The van der Waals surface area contributed by atoms with Crippen molar-refractivity contribution in [3.63, 3.8) is 0 Å². The number of hydrogen-bond donors (Lipinski definition) is 1. The SMILES string of the molecule is COc1cc(CNC2CC2)ccc1OCc1ccc2c(c1)n(C)c(=O)n2C.[Cl-]. The Balaban J connectivity index is 0.00000225. The van der Waals surface area contributed by atoms with Crippen molar-refractivity contribution in [3.8, 4) is 11.5 Å². The number of fused-ring (bicyclic) bond motifs is 1. The molecule has 0 unspecified atom stereocenters. The number of hydrogen-bond acceptors (Lipinski definition) is 4. The highest BCUT2D eigenvalue weighted by atomic mass is 35.5. The number of aromatic nitrogens is 2. The lowest BCUT2D eigenvalue weighted by atomic mass is 10.2. The molecule has 150 valence electrons. The Morgan fingerprint density at radius 1 is 1.00 bits per heavy atom. The molecule has 0 aliphatic heterocycles. The molecule has 1 aliphatic carbocycles. The van der Waals surface area contributed by atoms with Crippen LogP contribution in [0.25, 0.3) is 11.0 Å². The van der Waals surface area contributed by atoms with Gasteiger partial charge in [-0.05, 0) is 48.2 Å². The molecule has 0 saturated heterocycles. The lowest BCUT2D eigenvalue weighted by molar-refractivity contribution is -0.00000624. The van der Waals surface area contributed by atoms with Gasteiger partial charge in [-0.3, -0.25) is 9.13 Å². The molecule has 1 saturated carbocycles. The summed E-state index contributed by atoms with van der Waals surface area (Å²) < 4.78 is 14.8. The fraction of sp³-hybridized carbons (Fsp3) is 0.381. The van der Waals surface area contributed by atoms with E-state index in [-0.39, 0.29) is 18.1 Å². The van der Waals surface area contributed by atoms with E-state index >= 15 is 0 Å². The molecule has 0 spiro atoms. The van der Waals surface area contributed by atoms with Gasteiger partial charge in [0.2, 0.25) is 0 Å². The average Bonchev–Trinajstić information content (AvgIpc) is 3.50. The molecule has 1 aliphatic rings. The van der Waals surface area contributed by atoms with E-state index < -0.39 is 0 Å². The average molecular weight is 403 g/mol. The third-order valence-electron chi connectivity index (χ3n) is 5.13. The molecule has 0 atom stereocenters. The Labute approximate surface area is 170 Å². The number of methoxy groups -OCH3 is 1. The van der Waals surface area contributed by atoms with Crippen LogP contribution in [0.3, 0.4) is 0 Å². The standard InChI is InChI=1S/C21H25N3O3.ClH/c1-23-17-8-4-15(10-18(17)24(2)21(23)25)13-27-19-9-5-14(11-20(19)26-3)12-22-16-6-7-16;/h4-5,8-11,16,22H,6-7,12-13H2,1-3H3;1H/p-1. The summed E-state index contributed by atoms with van der Waals surface area (Å²) in [5, 5.41) is 3.50. The topological polar surface area (TPSA) is 57.4 Å². The molecule has 0 amide bonds. The molecule has 1 aromatic heterocycles. The molecule has 1 fully saturated rings. The molecule has 4 rings (SSSR count). The third kappa shape index (κ3) is 4.03. The van der Waals surface area contributed by atoms with Crippen molar-refractivity contribution >= 4 is 11.0 Å². The Morgan fingerprint density at radius 3 is 2.43 bits per heavy atom. The molecule has 1 N–H and O–H groups in total. The van der Waals surface area contributed by atoms with Crippen molar-refractivity contribution < 1.29 is 21.9 Å². The molecule has 0 radical (unpaired) electrons. The van der Waals surface area contributed by atoms with Gasteiger partial charge >= 0.3 is 5.69 Å². The summed E-state index contributed by atoms with van der Waals surface area (Å²) in [7, 11) is 5.23. The van der Waals surface area contributed by atoms with E-state index in [1.807, 2.05) is 30.3 Å². The molecule has 3 aromatic rings. The van der Waals surface area contributed by atoms with E-state index in [1.54, 1.807) is 30.3 Å². The zero-order valence-corrected chi connectivity index (χ0v) is 17.1. The smallest absolute Gasteiger partial charge is 0.328 e. The minimum atomic E-state index is -0.0277. The van der Waals surface area contributed by atoms with Crippen LogP contribution in [0.4, 0.5) is 0 Å². The van der Waals surface area contributed by atoms with Crippen molar-refractivity contribution in [2.75, 3.05) is 7.11 Å². The van der Waals surface area contributed by atoms with Crippen LogP contribution in [0.15, 0.2) is 41.2 Å². The second-order valence-corrected chi connectivity index (χ2v) is 7.15. The van der Waals surface area contributed by atoms with E-state index in [2.05, 4.69) is 11.4 Å². The van der Waals surface area contributed by atoms with Gasteiger partial charge in [0.25, 0.3) is 0 Å². The van der Waals surface area contributed by atoms with Gasteiger partial charge in [0, 0.05) is 26.7 Å². The highest BCUT2D eigenvalue weighted by Crippen LogP contribution is 2.29. The van der Waals surface area contributed by atoms with Crippen LogP contribution in [0.2, 0.25) is 0 Å². The molecular weight excluding hydrogens is 378 g/mol. The molecule has 1 heterocycles. The van der Waals surface area contributed by atoms with Gasteiger partial charge in [0.1, 0.15) is 6.61 Å². The second kappa shape index (κ2) is 8.29. The minimum Gasteiger partial charge on any atom is -1.00 e. The highest BCUT2D eigenvalue weighted by Gasteiger charge is 2.20. The maximum absolute atomic E-state index is 12.1. The van der Waals surface area contributed by atoms with E-state index in [0.717, 1.165) is 34.6 Å². The number of nitrogens with zero attached hydrogens (tertiary/aromatic N) is 2. The quantitative estimate of drug-likeness (QED) is 0.590. The first kappa shape index (κ1) is 20.3. The molecular formula is C21H25ClN3O3-. The van der Waals surface area contributed by atoms with Gasteiger partial charge < -0.3 is 27.2 Å². The van der Waals surface area contributed by atoms with E-state index in [0.29, 0.717) is 12.6 Å². The fourth-order valence-electron chi connectivity index (χ4n) is 3.29. The number of ether oxygens (including phenoxy) is 2. The zero-order chi connectivity index (χ0) is 19.0. The zero-order valence-electron chi connectivity index (χ0n) is 16.4. The van der Waals surface area contributed by atoms with E-state index in [1.165, 1.54) is 18.4 Å². The van der Waals surface area contributed by atoms with Crippen LogP contribution in [-0.2, 0) is 27.2 Å². The van der Waals surface area contributed by atoms with Crippen LogP contribution in [0.5, 0.6) is 11.5 Å². The normalized spacial score (nSPS) is 13.4. The van der Waals surface area contributed by atoms with Gasteiger partial charge in [-0.15, -0.1) is 0 Å². The van der Waals surface area contributed by atoms with E-state index in [4.69, 9.17) is 9.47 Å². The molecule has 6 nitrogen and oxygen atoms in total. The van der Waals surface area contributed by atoms with Gasteiger partial charge in [-0.1, -0.05) is 12.1 Å². The molecule has 2 aromatic carbocycles. The van der Waals surface area contributed by atoms with Gasteiger partial charge in [-0.25, -0.2) is 4.79 Å². The monoisotopic (exact) mass is 402 g/mol. The Morgan fingerprint density at radius 2 is 1.71 bits per heavy atom. The molecule has 0 bridgehead atoms. The number of benzene rings is 2. The number of rotatable bonds is 7. The number of nitrogens with one attached hydrogen (secondary N) is 1. The number of imidazole rings is 1. The Hall–Kier alpha value is -2.44. The third-order valence-corrected chi connectivity index (χ3v) is 5.13. The van der Waals surface area contributed by atoms with Crippen molar-refractivity contribution in [1.29, 1.82) is 0 Å². The summed E-state index contributed by atoms with van der Waals surface area (Å²) in [6, 6.07) is 12.7. The maximum Gasteiger partial charge on any atom is 0.328 e. The van der Waals surface area contributed by atoms with Gasteiger partial charge in [-0.2, -0.15) is 0 Å². The summed E-state index contributed by atoms with van der Waals surface area (Å²) in [5.74, 6) is 1.45. The van der Waals surface area contributed by atoms with Crippen LogP contribution in [0.1, 0.15) is 24.0 Å². The van der Waals surface area contributed by atoms with Crippen LogP contribution >= 0.6 is 0 Å². The largest absolute Gasteiger partial charge is 1.00 e. The minimum absolute atomic E-state index is 0. The predicted octanol–water partition coefficient (Wildman–Crippen LogP) is -0.279. The Bertz CT molecular complexity index is 1040. The van der Waals surface area contributed by atoms with Crippen LogP contribution < -0.4 is 32.9 Å². The van der Waals surface area contributed by atoms with E-state index in [9.17, 15) is 4.79 Å². The van der Waals surface area contributed by atoms with Crippen LogP contribution in [-0.4, -0.2) is 22.3 Å². The summed E-state index contributed by atoms with van der Waals surface area (Å²) >= 11 is 0. The molecule has 7 heteroatoms. The van der Waals surface area contributed by atoms with Crippen molar-refractivity contribution in [1.82, 2.24) is 14.5 Å². The first-order valence-corrected chi connectivity index (χ1v) is 9.24. The first-order chi connectivity index (χ1) is 13.1. The van der Waals surface area contributed by atoms with Gasteiger partial charge in [0.05, 0.1) is 18.1 Å². The van der Waals surface area contributed by atoms with Crippen LogP contribution in [0, 0.1) is 0 Å². The summed E-state index contributed by atoms with van der Waals surface area (Å²) in [6.07, 6.45) is 2.55. The lowest BCUT2D eigenvalue weighted by Gasteiger charge is -2.13. The lowest BCUT2D eigenvalue weighted by Crippen LogP contribution is -3.00. The van der Waals surface area contributed by atoms with Gasteiger partial charge in [0.15, 0.2) is 11.5 Å². The Kier molecular flexibility index (Phi) is 6.01. The second-order valence-electron chi connectivity index (χ2n) is 7.15. The number of aryl methyl sites for hydroxylation is 2. The summed E-state index contributed by atoms with van der Waals surface area (Å²) in [5.41, 5.74) is 3.98. The summed E-state index contributed by atoms with van der Waals surface area (Å²) in [4.78, 5) is 12.1. The molecule has 28 heavy (non-hydrogen) atoms. The summed E-state index contributed by atoms with van der Waals surface area (Å²) in [6.45, 7) is 1.26. The first-order valence-electron chi connectivity index (χ1n) is 9.24. The van der Waals surface area contributed by atoms with Crippen molar-refractivity contribution in [2.24, 2.45) is 14.1 Å². The van der Waals surface area contributed by atoms with Crippen molar-refractivity contribution in [2.45, 2.75) is 32.0 Å². The maximum atomic E-state index is 12.1. The highest BCUT2D eigenvalue weighted by molar-refractivity contribution is 5.76.